The van der Waals surface area contributed by atoms with E-state index in [4.69, 9.17) is 5.73 Å². The zero-order chi connectivity index (χ0) is 11.9. The smallest absolute Gasteiger partial charge is 0.242 e. The Bertz CT molecular complexity index is 249. The minimum absolute atomic E-state index is 0.0833. The van der Waals surface area contributed by atoms with Crippen LogP contribution >= 0.6 is 0 Å². The maximum Gasteiger partial charge on any atom is 0.242 e. The van der Waals surface area contributed by atoms with E-state index >= 15 is 0 Å². The van der Waals surface area contributed by atoms with E-state index in [1.165, 1.54) is 0 Å². The van der Waals surface area contributed by atoms with Crippen molar-refractivity contribution in [3.8, 4) is 0 Å². The molecule has 3 nitrogen and oxygen atoms in total. The highest BCUT2D eigenvalue weighted by Gasteiger charge is 2.45. The number of rotatable bonds is 3. The van der Waals surface area contributed by atoms with E-state index in [0.29, 0.717) is 5.92 Å². The number of hydrogen-bond acceptors (Lipinski definition) is 2. The second-order valence-electron chi connectivity index (χ2n) is 6.28. The van der Waals surface area contributed by atoms with E-state index in [-0.39, 0.29) is 11.3 Å². The molecule has 1 aliphatic rings. The monoisotopic (exact) mass is 212 g/mol. The Kier molecular flexibility index (Phi) is 3.15. The predicted molar refractivity (Wildman–Crippen MR) is 62.4 cm³/mol. The quantitative estimate of drug-likeness (QED) is 0.772. The van der Waals surface area contributed by atoms with Crippen molar-refractivity contribution in [1.29, 1.82) is 0 Å². The summed E-state index contributed by atoms with van der Waals surface area (Å²) in [5, 5.41) is 0. The average molecular weight is 212 g/mol. The molecule has 1 unspecified atom stereocenters. The number of hydrogen-bond donors (Lipinski definition) is 1. The summed E-state index contributed by atoms with van der Waals surface area (Å²) in [4.78, 5) is 13.9. The Balaban J connectivity index is 2.59. The first-order valence-corrected chi connectivity index (χ1v) is 5.69. The van der Waals surface area contributed by atoms with Crippen molar-refractivity contribution in [3.63, 3.8) is 0 Å². The van der Waals surface area contributed by atoms with Crippen LogP contribution in [-0.2, 0) is 4.79 Å². The zero-order valence-electron chi connectivity index (χ0n) is 10.6. The second-order valence-corrected chi connectivity index (χ2v) is 6.28. The minimum atomic E-state index is -0.653. The van der Waals surface area contributed by atoms with Crippen molar-refractivity contribution in [2.75, 3.05) is 13.6 Å². The molecule has 1 atom stereocenters. The molecule has 0 radical (unpaired) electrons. The van der Waals surface area contributed by atoms with Gasteiger partial charge in [-0.25, -0.2) is 0 Å². The standard InChI is InChI=1S/C12H24N2O/c1-11(2,3)8-14(5)10(15)12(4,13)9-6-7-9/h9H,6-8,13H2,1-5H3. The van der Waals surface area contributed by atoms with Gasteiger partial charge < -0.3 is 10.6 Å². The first-order valence-electron chi connectivity index (χ1n) is 5.69. The summed E-state index contributed by atoms with van der Waals surface area (Å²) in [6.45, 7) is 9.00. The second kappa shape index (κ2) is 3.78. The minimum Gasteiger partial charge on any atom is -0.344 e. The number of amides is 1. The highest BCUT2D eigenvalue weighted by Crippen LogP contribution is 2.39. The largest absolute Gasteiger partial charge is 0.344 e. The van der Waals surface area contributed by atoms with Crippen molar-refractivity contribution in [1.82, 2.24) is 4.90 Å². The Morgan fingerprint density at radius 2 is 1.80 bits per heavy atom. The molecule has 0 bridgehead atoms. The molecule has 2 N–H and O–H groups in total. The fourth-order valence-electron chi connectivity index (χ4n) is 2.05. The lowest BCUT2D eigenvalue weighted by atomic mass is 9.92. The van der Waals surface area contributed by atoms with E-state index in [2.05, 4.69) is 20.8 Å². The Labute approximate surface area is 93.0 Å². The topological polar surface area (TPSA) is 46.3 Å². The molecule has 0 aromatic heterocycles. The highest BCUT2D eigenvalue weighted by molar-refractivity contribution is 5.86. The van der Waals surface area contributed by atoms with Gasteiger partial charge in [-0.15, -0.1) is 0 Å². The van der Waals surface area contributed by atoms with E-state index in [1.807, 2.05) is 14.0 Å². The molecular formula is C12H24N2O. The summed E-state index contributed by atoms with van der Waals surface area (Å²) in [5.74, 6) is 0.479. The first-order chi connectivity index (χ1) is 6.64. The lowest BCUT2D eigenvalue weighted by Gasteiger charge is -2.33. The van der Waals surface area contributed by atoms with Gasteiger partial charge in [-0.1, -0.05) is 20.8 Å². The van der Waals surface area contributed by atoms with Gasteiger partial charge >= 0.3 is 0 Å². The molecule has 1 fully saturated rings. The van der Waals surface area contributed by atoms with Gasteiger partial charge in [0.1, 0.15) is 0 Å². The van der Waals surface area contributed by atoms with Crippen molar-refractivity contribution in [3.05, 3.63) is 0 Å². The third-order valence-electron chi connectivity index (χ3n) is 2.94. The summed E-state index contributed by atoms with van der Waals surface area (Å²) < 4.78 is 0. The maximum absolute atomic E-state index is 12.1. The van der Waals surface area contributed by atoms with Crippen molar-refractivity contribution in [2.45, 2.75) is 46.1 Å². The van der Waals surface area contributed by atoms with Crippen LogP contribution < -0.4 is 5.73 Å². The van der Waals surface area contributed by atoms with Crippen LogP contribution in [0.25, 0.3) is 0 Å². The SMILES string of the molecule is CN(CC(C)(C)C)C(=O)C(C)(N)C1CC1. The van der Waals surface area contributed by atoms with E-state index in [1.54, 1.807) is 4.90 Å². The van der Waals surface area contributed by atoms with Crippen LogP contribution in [0.15, 0.2) is 0 Å². The molecular weight excluding hydrogens is 188 g/mol. The number of likely N-dealkylation sites (N-methyl/N-ethyl adjacent to an activating group) is 1. The Hall–Kier alpha value is -0.570. The summed E-state index contributed by atoms with van der Waals surface area (Å²) >= 11 is 0. The fraction of sp³-hybridized carbons (Fsp3) is 0.917. The van der Waals surface area contributed by atoms with Crippen molar-refractivity contribution >= 4 is 5.91 Å². The van der Waals surface area contributed by atoms with Crippen LogP contribution in [0, 0.1) is 11.3 Å². The molecule has 15 heavy (non-hydrogen) atoms. The van der Waals surface area contributed by atoms with E-state index in [9.17, 15) is 4.79 Å². The van der Waals surface area contributed by atoms with Gasteiger partial charge in [0, 0.05) is 13.6 Å². The molecule has 0 aromatic carbocycles. The van der Waals surface area contributed by atoms with E-state index < -0.39 is 5.54 Å². The highest BCUT2D eigenvalue weighted by atomic mass is 16.2. The molecule has 1 aliphatic carbocycles. The molecule has 3 heteroatoms. The van der Waals surface area contributed by atoms with Gasteiger partial charge in [0.2, 0.25) is 5.91 Å². The third-order valence-corrected chi connectivity index (χ3v) is 2.94. The number of carbonyl (C=O) groups is 1. The number of nitrogens with two attached hydrogens (primary N) is 1. The van der Waals surface area contributed by atoms with Crippen molar-refractivity contribution in [2.24, 2.45) is 17.1 Å². The summed E-state index contributed by atoms with van der Waals surface area (Å²) in [7, 11) is 1.85. The molecule has 0 aromatic rings. The Morgan fingerprint density at radius 1 is 1.33 bits per heavy atom. The maximum atomic E-state index is 12.1. The van der Waals surface area contributed by atoms with E-state index in [0.717, 1.165) is 19.4 Å². The van der Waals surface area contributed by atoms with Gasteiger partial charge in [0.05, 0.1) is 5.54 Å². The summed E-state index contributed by atoms with van der Waals surface area (Å²) in [5.41, 5.74) is 5.57. The molecule has 1 amide bonds. The number of carbonyl (C=O) groups excluding carboxylic acids is 1. The van der Waals surface area contributed by atoms with Gasteiger partial charge in [-0.3, -0.25) is 4.79 Å². The molecule has 0 saturated heterocycles. The summed E-state index contributed by atoms with van der Waals surface area (Å²) in [6.07, 6.45) is 2.20. The Morgan fingerprint density at radius 3 is 2.13 bits per heavy atom. The molecule has 88 valence electrons. The van der Waals surface area contributed by atoms with Crippen LogP contribution in [0.4, 0.5) is 0 Å². The van der Waals surface area contributed by atoms with Gasteiger partial charge in [-0.2, -0.15) is 0 Å². The molecule has 0 aliphatic heterocycles. The third kappa shape index (κ3) is 3.20. The van der Waals surface area contributed by atoms with Crippen LogP contribution in [0.1, 0.15) is 40.5 Å². The first kappa shape index (κ1) is 12.5. The molecule has 0 heterocycles. The number of nitrogens with zero attached hydrogens (tertiary/aromatic N) is 1. The lowest BCUT2D eigenvalue weighted by Crippen LogP contribution is -2.55. The van der Waals surface area contributed by atoms with Crippen LogP contribution in [0.2, 0.25) is 0 Å². The zero-order valence-corrected chi connectivity index (χ0v) is 10.6. The lowest BCUT2D eigenvalue weighted by molar-refractivity contribution is -0.137. The molecule has 1 saturated carbocycles. The predicted octanol–water partition coefficient (Wildman–Crippen LogP) is 1.62. The van der Waals surface area contributed by atoms with Crippen molar-refractivity contribution < 1.29 is 4.79 Å². The van der Waals surface area contributed by atoms with Crippen LogP contribution in [0.5, 0.6) is 0 Å². The average Bonchev–Trinajstić information content (AvgIpc) is 2.81. The molecule has 1 rings (SSSR count). The van der Waals surface area contributed by atoms with Gasteiger partial charge in [0.15, 0.2) is 0 Å². The normalized spacial score (nSPS) is 20.9. The van der Waals surface area contributed by atoms with Crippen LogP contribution in [0.3, 0.4) is 0 Å². The van der Waals surface area contributed by atoms with Gasteiger partial charge in [-0.05, 0) is 31.1 Å². The fourth-order valence-corrected chi connectivity index (χ4v) is 2.05. The molecule has 0 spiro atoms. The summed E-state index contributed by atoms with van der Waals surface area (Å²) in [6, 6.07) is 0. The van der Waals surface area contributed by atoms with Crippen LogP contribution in [-0.4, -0.2) is 29.9 Å². The van der Waals surface area contributed by atoms with Gasteiger partial charge in [0.25, 0.3) is 0 Å².